The maximum atomic E-state index is 4.57. The monoisotopic (exact) mass is 215 g/mol. The van der Waals surface area contributed by atoms with Gasteiger partial charge in [0.1, 0.15) is 7.22 Å². The predicted molar refractivity (Wildman–Crippen MR) is 66.5 cm³/mol. The van der Waals surface area contributed by atoms with Gasteiger partial charge in [-0.25, -0.2) is 0 Å². The lowest BCUT2D eigenvalue weighted by Crippen LogP contribution is -2.21. The van der Waals surface area contributed by atoms with Gasteiger partial charge in [-0.1, -0.05) is 26.6 Å². The lowest BCUT2D eigenvalue weighted by molar-refractivity contribution is 0.999. The molecule has 13 heavy (non-hydrogen) atoms. The van der Waals surface area contributed by atoms with E-state index in [4.69, 9.17) is 0 Å². The van der Waals surface area contributed by atoms with Crippen LogP contribution in [0.5, 0.6) is 0 Å². The molecule has 0 aromatic heterocycles. The Morgan fingerprint density at radius 2 is 2.08 bits per heavy atom. The number of hydrogen-bond acceptors (Lipinski definition) is 2. The standard InChI is InChI=1S/C10H21NSSi/c1-5-10(12-13(2,3)4)8-11-9-6-7-9/h8-10H,5-7H2,1-4H3/b11-8+. The SMILES string of the molecule is CCC(/C=N/C1CC1)S[Si](C)(C)C. The van der Waals surface area contributed by atoms with Crippen molar-refractivity contribution in [3.05, 3.63) is 0 Å². The van der Waals surface area contributed by atoms with Crippen LogP contribution in [0, 0.1) is 0 Å². The molecular formula is C10H21NSSi. The molecule has 1 nitrogen and oxygen atoms in total. The first kappa shape index (κ1) is 11.3. The van der Waals surface area contributed by atoms with E-state index < -0.39 is 7.22 Å². The highest BCUT2D eigenvalue weighted by Crippen LogP contribution is 2.27. The molecule has 0 spiro atoms. The topological polar surface area (TPSA) is 12.4 Å². The minimum absolute atomic E-state index is 0.673. The van der Waals surface area contributed by atoms with Crippen LogP contribution in [0.25, 0.3) is 0 Å². The zero-order chi connectivity index (χ0) is 9.90. The maximum absolute atomic E-state index is 4.57. The van der Waals surface area contributed by atoms with E-state index in [0.717, 1.165) is 0 Å². The van der Waals surface area contributed by atoms with E-state index in [1.807, 2.05) is 0 Å². The summed E-state index contributed by atoms with van der Waals surface area (Å²) < 4.78 is 0. The van der Waals surface area contributed by atoms with Crippen LogP contribution in [-0.2, 0) is 0 Å². The van der Waals surface area contributed by atoms with Crippen LogP contribution in [0.2, 0.25) is 19.6 Å². The van der Waals surface area contributed by atoms with Gasteiger partial charge in [0.05, 0.1) is 0 Å². The molecule has 0 aromatic rings. The third-order valence-electron chi connectivity index (χ3n) is 1.92. The second kappa shape index (κ2) is 4.65. The van der Waals surface area contributed by atoms with E-state index in [0.29, 0.717) is 11.3 Å². The summed E-state index contributed by atoms with van der Waals surface area (Å²) in [6.45, 7) is 9.48. The van der Waals surface area contributed by atoms with Crippen LogP contribution in [-0.4, -0.2) is 24.7 Å². The summed E-state index contributed by atoms with van der Waals surface area (Å²) in [6, 6.07) is 0.691. The molecule has 0 radical (unpaired) electrons. The molecule has 76 valence electrons. The molecule has 0 N–H and O–H groups in total. The summed E-state index contributed by atoms with van der Waals surface area (Å²) in [7, 11) is -0.967. The van der Waals surface area contributed by atoms with Crippen LogP contribution in [0.4, 0.5) is 0 Å². The number of hydrogen-bond donors (Lipinski definition) is 0. The summed E-state index contributed by atoms with van der Waals surface area (Å²) in [5, 5.41) is 0.673. The molecule has 1 fully saturated rings. The van der Waals surface area contributed by atoms with E-state index in [-0.39, 0.29) is 0 Å². The Bertz CT molecular complexity index is 182. The summed E-state index contributed by atoms with van der Waals surface area (Å²) in [4.78, 5) is 4.57. The van der Waals surface area contributed by atoms with Crippen molar-refractivity contribution in [2.24, 2.45) is 4.99 Å². The molecule has 0 heterocycles. The Labute approximate surface area is 87.1 Å². The van der Waals surface area contributed by atoms with Gasteiger partial charge in [-0.05, 0) is 19.3 Å². The van der Waals surface area contributed by atoms with Crippen molar-refractivity contribution in [1.82, 2.24) is 0 Å². The zero-order valence-corrected chi connectivity index (χ0v) is 11.0. The highest BCUT2D eigenvalue weighted by Gasteiger charge is 2.21. The largest absolute Gasteiger partial charge is 0.293 e. The molecular weight excluding hydrogens is 194 g/mol. The van der Waals surface area contributed by atoms with E-state index >= 15 is 0 Å². The molecule has 1 atom stereocenters. The molecule has 3 heteroatoms. The second-order valence-corrected chi connectivity index (χ2v) is 14.2. The summed E-state index contributed by atoms with van der Waals surface area (Å²) in [5.74, 6) is 0. The van der Waals surface area contributed by atoms with Gasteiger partial charge in [-0.15, -0.1) is 0 Å². The Morgan fingerprint density at radius 1 is 1.46 bits per heavy atom. The molecule has 1 aliphatic carbocycles. The highest BCUT2D eigenvalue weighted by molar-refractivity contribution is 8.29. The van der Waals surface area contributed by atoms with Gasteiger partial charge >= 0.3 is 0 Å². The quantitative estimate of drug-likeness (QED) is 0.504. The minimum atomic E-state index is -0.967. The van der Waals surface area contributed by atoms with Crippen molar-refractivity contribution in [2.75, 3.05) is 0 Å². The molecule has 1 saturated carbocycles. The lowest BCUT2D eigenvalue weighted by Gasteiger charge is -2.20. The fourth-order valence-electron chi connectivity index (χ4n) is 1.11. The lowest BCUT2D eigenvalue weighted by atomic mass is 10.3. The van der Waals surface area contributed by atoms with Crippen LogP contribution in [0.1, 0.15) is 26.2 Å². The van der Waals surface area contributed by atoms with Crippen LogP contribution in [0.3, 0.4) is 0 Å². The van der Waals surface area contributed by atoms with Crippen molar-refractivity contribution in [2.45, 2.75) is 57.1 Å². The highest BCUT2D eigenvalue weighted by atomic mass is 32.4. The predicted octanol–water partition coefficient (Wildman–Crippen LogP) is 3.57. The Morgan fingerprint density at radius 3 is 2.46 bits per heavy atom. The average Bonchev–Trinajstić information content (AvgIpc) is 2.78. The van der Waals surface area contributed by atoms with Gasteiger partial charge in [0.2, 0.25) is 0 Å². The van der Waals surface area contributed by atoms with Crippen LogP contribution >= 0.6 is 11.2 Å². The number of aliphatic imine (C=N–C) groups is 1. The van der Waals surface area contributed by atoms with Crippen molar-refractivity contribution >= 4 is 24.6 Å². The maximum Gasteiger partial charge on any atom is 0.109 e. The first-order chi connectivity index (χ1) is 6.01. The molecule has 0 aliphatic heterocycles. The number of nitrogens with zero attached hydrogens (tertiary/aromatic N) is 1. The van der Waals surface area contributed by atoms with Gasteiger partial charge < -0.3 is 0 Å². The Kier molecular flexibility index (Phi) is 4.04. The first-order valence-electron chi connectivity index (χ1n) is 5.22. The van der Waals surface area contributed by atoms with Gasteiger partial charge in [-0.2, -0.15) is 11.2 Å². The normalized spacial score (nSPS) is 20.9. The molecule has 1 aliphatic rings. The minimum Gasteiger partial charge on any atom is -0.293 e. The van der Waals surface area contributed by atoms with Crippen LogP contribution < -0.4 is 0 Å². The molecule has 1 unspecified atom stereocenters. The number of rotatable bonds is 5. The molecule has 0 saturated heterocycles. The van der Waals surface area contributed by atoms with Crippen molar-refractivity contribution < 1.29 is 0 Å². The third kappa shape index (κ3) is 5.52. The molecule has 1 rings (SSSR count). The second-order valence-electron chi connectivity index (χ2n) is 4.71. The summed E-state index contributed by atoms with van der Waals surface area (Å²) >= 11 is 2.16. The van der Waals surface area contributed by atoms with Gasteiger partial charge in [-0.3, -0.25) is 4.99 Å². The molecule has 0 amide bonds. The zero-order valence-electron chi connectivity index (χ0n) is 9.21. The smallest absolute Gasteiger partial charge is 0.109 e. The van der Waals surface area contributed by atoms with Gasteiger partial charge in [0.25, 0.3) is 0 Å². The fourth-order valence-corrected chi connectivity index (χ4v) is 5.73. The summed E-state index contributed by atoms with van der Waals surface area (Å²) in [6.07, 6.45) is 6.08. The Hall–Kier alpha value is 0.237. The molecule has 0 bridgehead atoms. The van der Waals surface area contributed by atoms with E-state index in [1.54, 1.807) is 0 Å². The summed E-state index contributed by atoms with van der Waals surface area (Å²) in [5.41, 5.74) is 0. The van der Waals surface area contributed by atoms with E-state index in [2.05, 4.69) is 49.0 Å². The first-order valence-corrected chi connectivity index (χ1v) is 10.3. The van der Waals surface area contributed by atoms with Crippen molar-refractivity contribution in [3.63, 3.8) is 0 Å². The van der Waals surface area contributed by atoms with Crippen LogP contribution in [0.15, 0.2) is 4.99 Å². The van der Waals surface area contributed by atoms with Gasteiger partial charge in [0.15, 0.2) is 0 Å². The van der Waals surface area contributed by atoms with Crippen molar-refractivity contribution in [1.29, 1.82) is 0 Å². The third-order valence-corrected chi connectivity index (χ3v) is 6.41. The van der Waals surface area contributed by atoms with Gasteiger partial charge in [0, 0.05) is 17.5 Å². The molecule has 0 aromatic carbocycles. The van der Waals surface area contributed by atoms with E-state index in [9.17, 15) is 0 Å². The average molecular weight is 215 g/mol. The Balaban J connectivity index is 2.32. The fraction of sp³-hybridized carbons (Fsp3) is 0.900. The van der Waals surface area contributed by atoms with Crippen molar-refractivity contribution in [3.8, 4) is 0 Å². The van der Waals surface area contributed by atoms with E-state index in [1.165, 1.54) is 19.3 Å².